The first kappa shape index (κ1) is 18.2. The molecule has 0 aromatic heterocycles. The second-order valence-electron chi connectivity index (χ2n) is 5.71. The van der Waals surface area contributed by atoms with Crippen molar-refractivity contribution in [3.63, 3.8) is 0 Å². The third-order valence-corrected chi connectivity index (χ3v) is 3.71. The molecule has 122 valence electrons. The molecular formula is C18H28N2O2. The van der Waals surface area contributed by atoms with E-state index in [1.165, 1.54) is 38.5 Å². The average molecular weight is 304 g/mol. The van der Waals surface area contributed by atoms with Gasteiger partial charge in [-0.1, -0.05) is 51.9 Å². The predicted octanol–water partition coefficient (Wildman–Crippen LogP) is 4.25. The summed E-state index contributed by atoms with van der Waals surface area (Å²) in [5.74, 6) is -0.436. The van der Waals surface area contributed by atoms with E-state index in [1.54, 1.807) is 24.3 Å². The first-order chi connectivity index (χ1) is 10.6. The highest BCUT2D eigenvalue weighted by Crippen LogP contribution is 2.12. The smallest absolute Gasteiger partial charge is 0.248 e. The Morgan fingerprint density at radius 2 is 1.45 bits per heavy atom. The van der Waals surface area contributed by atoms with E-state index in [1.807, 2.05) is 0 Å². The summed E-state index contributed by atoms with van der Waals surface area (Å²) in [7, 11) is 0. The first-order valence-corrected chi connectivity index (χ1v) is 8.33. The van der Waals surface area contributed by atoms with Gasteiger partial charge in [0.05, 0.1) is 0 Å². The molecule has 0 aliphatic carbocycles. The van der Waals surface area contributed by atoms with Crippen LogP contribution in [0.3, 0.4) is 0 Å². The molecule has 0 heterocycles. The van der Waals surface area contributed by atoms with Crippen LogP contribution in [0.25, 0.3) is 0 Å². The van der Waals surface area contributed by atoms with Crippen LogP contribution in [0.15, 0.2) is 24.3 Å². The van der Waals surface area contributed by atoms with Crippen LogP contribution in [-0.4, -0.2) is 11.8 Å². The van der Waals surface area contributed by atoms with Crippen LogP contribution in [0.5, 0.6) is 0 Å². The maximum atomic E-state index is 11.8. The number of hydrogen-bond acceptors (Lipinski definition) is 2. The summed E-state index contributed by atoms with van der Waals surface area (Å²) in [6.45, 7) is 2.22. The molecule has 0 fully saturated rings. The minimum Gasteiger partial charge on any atom is -0.366 e. The van der Waals surface area contributed by atoms with E-state index < -0.39 is 5.91 Å². The van der Waals surface area contributed by atoms with E-state index in [9.17, 15) is 9.59 Å². The summed E-state index contributed by atoms with van der Waals surface area (Å²) in [5, 5.41) is 2.84. The van der Waals surface area contributed by atoms with Crippen molar-refractivity contribution in [2.24, 2.45) is 5.73 Å². The SMILES string of the molecule is CCCCCCCCCCC(=O)Nc1ccc(C(N)=O)cc1. The number of unbranched alkanes of at least 4 members (excludes halogenated alkanes) is 7. The van der Waals surface area contributed by atoms with Crippen molar-refractivity contribution in [1.29, 1.82) is 0 Å². The Kier molecular flexibility index (Phi) is 8.96. The number of nitrogens with two attached hydrogens (primary N) is 1. The van der Waals surface area contributed by atoms with Crippen LogP contribution in [-0.2, 0) is 4.79 Å². The fourth-order valence-electron chi connectivity index (χ4n) is 2.36. The van der Waals surface area contributed by atoms with Gasteiger partial charge in [0.1, 0.15) is 0 Å². The van der Waals surface area contributed by atoms with Crippen LogP contribution >= 0.6 is 0 Å². The fourth-order valence-corrected chi connectivity index (χ4v) is 2.36. The molecule has 1 aromatic rings. The molecule has 0 spiro atoms. The van der Waals surface area contributed by atoms with Crippen LogP contribution in [0, 0.1) is 0 Å². The molecule has 0 aliphatic rings. The van der Waals surface area contributed by atoms with Gasteiger partial charge in [-0.2, -0.15) is 0 Å². The Balaban J connectivity index is 2.12. The molecule has 0 atom stereocenters. The number of carbonyl (C=O) groups excluding carboxylic acids is 2. The largest absolute Gasteiger partial charge is 0.366 e. The third-order valence-electron chi connectivity index (χ3n) is 3.71. The molecule has 0 radical (unpaired) electrons. The van der Waals surface area contributed by atoms with E-state index >= 15 is 0 Å². The van der Waals surface area contributed by atoms with Gasteiger partial charge in [-0.25, -0.2) is 0 Å². The standard InChI is InChI=1S/C18H28N2O2/c1-2-3-4-5-6-7-8-9-10-17(21)20-16-13-11-15(12-14-16)18(19)22/h11-14H,2-10H2,1H3,(H2,19,22)(H,20,21). The van der Waals surface area contributed by atoms with Crippen LogP contribution in [0.4, 0.5) is 5.69 Å². The van der Waals surface area contributed by atoms with Crippen LogP contribution in [0.1, 0.15) is 75.1 Å². The predicted molar refractivity (Wildman–Crippen MR) is 90.8 cm³/mol. The summed E-state index contributed by atoms with van der Waals surface area (Å²) in [6, 6.07) is 6.64. The normalized spacial score (nSPS) is 10.4. The lowest BCUT2D eigenvalue weighted by atomic mass is 10.1. The van der Waals surface area contributed by atoms with Gasteiger partial charge >= 0.3 is 0 Å². The Hall–Kier alpha value is -1.84. The minimum absolute atomic E-state index is 0.0257. The van der Waals surface area contributed by atoms with E-state index in [0.29, 0.717) is 17.7 Å². The molecule has 1 aromatic carbocycles. The Labute approximate surface area is 133 Å². The Morgan fingerprint density at radius 1 is 0.909 bits per heavy atom. The van der Waals surface area contributed by atoms with E-state index in [4.69, 9.17) is 5.73 Å². The lowest BCUT2D eigenvalue weighted by Crippen LogP contribution is -2.13. The molecule has 1 rings (SSSR count). The van der Waals surface area contributed by atoms with Crippen molar-refractivity contribution in [1.82, 2.24) is 0 Å². The number of amides is 2. The van der Waals surface area contributed by atoms with Crippen molar-refractivity contribution in [3.8, 4) is 0 Å². The minimum atomic E-state index is -0.461. The van der Waals surface area contributed by atoms with Crippen molar-refractivity contribution in [3.05, 3.63) is 29.8 Å². The van der Waals surface area contributed by atoms with Crippen molar-refractivity contribution in [2.75, 3.05) is 5.32 Å². The number of rotatable bonds is 11. The van der Waals surface area contributed by atoms with Gasteiger partial charge in [0.15, 0.2) is 0 Å². The number of anilines is 1. The molecule has 4 heteroatoms. The molecule has 2 amide bonds. The third kappa shape index (κ3) is 7.81. The molecule has 4 nitrogen and oxygen atoms in total. The average Bonchev–Trinajstić information content (AvgIpc) is 2.50. The van der Waals surface area contributed by atoms with Crippen LogP contribution < -0.4 is 11.1 Å². The molecule has 0 aliphatic heterocycles. The van der Waals surface area contributed by atoms with Gasteiger partial charge in [0, 0.05) is 17.7 Å². The zero-order chi connectivity index (χ0) is 16.2. The number of benzene rings is 1. The van der Waals surface area contributed by atoms with Gasteiger partial charge in [-0.15, -0.1) is 0 Å². The molecule has 3 N–H and O–H groups in total. The van der Waals surface area contributed by atoms with Gasteiger partial charge in [-0.3, -0.25) is 9.59 Å². The number of hydrogen-bond donors (Lipinski definition) is 2. The van der Waals surface area contributed by atoms with Gasteiger partial charge in [0.2, 0.25) is 11.8 Å². The summed E-state index contributed by atoms with van der Waals surface area (Å²) < 4.78 is 0. The van der Waals surface area contributed by atoms with E-state index in [-0.39, 0.29) is 5.91 Å². The molecule has 0 unspecified atom stereocenters. The highest BCUT2D eigenvalue weighted by atomic mass is 16.1. The maximum absolute atomic E-state index is 11.8. The van der Waals surface area contributed by atoms with E-state index in [2.05, 4.69) is 12.2 Å². The van der Waals surface area contributed by atoms with Crippen molar-refractivity contribution in [2.45, 2.75) is 64.7 Å². The second kappa shape index (κ2) is 10.8. The summed E-state index contributed by atoms with van der Waals surface area (Å²) >= 11 is 0. The fraction of sp³-hybridized carbons (Fsp3) is 0.556. The molecule has 0 saturated carbocycles. The molecule has 0 bridgehead atoms. The lowest BCUT2D eigenvalue weighted by molar-refractivity contribution is -0.116. The Bertz CT molecular complexity index is 455. The topological polar surface area (TPSA) is 72.2 Å². The molecular weight excluding hydrogens is 276 g/mol. The summed E-state index contributed by atoms with van der Waals surface area (Å²) in [4.78, 5) is 22.8. The highest BCUT2D eigenvalue weighted by Gasteiger charge is 2.04. The summed E-state index contributed by atoms with van der Waals surface area (Å²) in [5.41, 5.74) is 6.32. The van der Waals surface area contributed by atoms with Crippen molar-refractivity contribution >= 4 is 17.5 Å². The lowest BCUT2D eigenvalue weighted by Gasteiger charge is -2.06. The van der Waals surface area contributed by atoms with Crippen molar-refractivity contribution < 1.29 is 9.59 Å². The second-order valence-corrected chi connectivity index (χ2v) is 5.71. The van der Waals surface area contributed by atoms with Gasteiger partial charge in [0.25, 0.3) is 0 Å². The highest BCUT2D eigenvalue weighted by molar-refractivity contribution is 5.94. The van der Waals surface area contributed by atoms with Gasteiger partial charge in [-0.05, 0) is 30.7 Å². The summed E-state index contributed by atoms with van der Waals surface area (Å²) in [6.07, 6.45) is 10.3. The molecule has 0 saturated heterocycles. The van der Waals surface area contributed by atoms with Crippen LogP contribution in [0.2, 0.25) is 0 Å². The van der Waals surface area contributed by atoms with Gasteiger partial charge < -0.3 is 11.1 Å². The first-order valence-electron chi connectivity index (χ1n) is 8.33. The number of primary amides is 1. The monoisotopic (exact) mass is 304 g/mol. The number of carbonyl (C=O) groups is 2. The zero-order valence-corrected chi connectivity index (χ0v) is 13.6. The number of nitrogens with one attached hydrogen (secondary N) is 1. The quantitative estimate of drug-likeness (QED) is 0.600. The maximum Gasteiger partial charge on any atom is 0.248 e. The zero-order valence-electron chi connectivity index (χ0n) is 13.6. The Morgan fingerprint density at radius 3 is 2.00 bits per heavy atom. The molecule has 22 heavy (non-hydrogen) atoms. The van der Waals surface area contributed by atoms with E-state index in [0.717, 1.165) is 12.8 Å².